The van der Waals surface area contributed by atoms with Crippen molar-refractivity contribution in [1.29, 1.82) is 0 Å². The van der Waals surface area contributed by atoms with E-state index in [1.807, 2.05) is 12.4 Å². The molecule has 0 aromatic carbocycles. The number of rotatable bonds is 2. The Morgan fingerprint density at radius 1 is 1.40 bits per heavy atom. The molecular formula is C12H19N3. The Balaban J connectivity index is 2.07. The van der Waals surface area contributed by atoms with Crippen LogP contribution in [0.1, 0.15) is 32.3 Å². The van der Waals surface area contributed by atoms with Crippen LogP contribution >= 0.6 is 0 Å². The lowest BCUT2D eigenvalue weighted by atomic mass is 10.0. The number of nitrogens with zero attached hydrogens (tertiary/aromatic N) is 3. The van der Waals surface area contributed by atoms with Crippen molar-refractivity contribution in [3.05, 3.63) is 18.0 Å². The van der Waals surface area contributed by atoms with E-state index in [1.165, 1.54) is 18.4 Å². The second-order valence-corrected chi connectivity index (χ2v) is 4.44. The fourth-order valence-corrected chi connectivity index (χ4v) is 2.06. The molecule has 0 amide bonds. The number of aromatic nitrogens is 2. The Kier molecular flexibility index (Phi) is 3.19. The Bertz CT molecular complexity index is 307. The van der Waals surface area contributed by atoms with Gasteiger partial charge in [-0.3, -0.25) is 0 Å². The van der Waals surface area contributed by atoms with E-state index in [1.54, 1.807) is 0 Å². The maximum Gasteiger partial charge on any atom is 0.225 e. The molecule has 2 rings (SSSR count). The molecule has 0 spiro atoms. The van der Waals surface area contributed by atoms with E-state index in [-0.39, 0.29) is 0 Å². The lowest BCUT2D eigenvalue weighted by molar-refractivity contribution is 0.442. The normalized spacial score (nSPS) is 21.7. The van der Waals surface area contributed by atoms with Crippen LogP contribution in [0.3, 0.4) is 0 Å². The maximum absolute atomic E-state index is 4.42. The zero-order valence-corrected chi connectivity index (χ0v) is 9.61. The Labute approximate surface area is 91.5 Å². The zero-order chi connectivity index (χ0) is 10.7. The molecule has 1 aromatic heterocycles. The van der Waals surface area contributed by atoms with Crippen molar-refractivity contribution in [2.75, 3.05) is 18.0 Å². The van der Waals surface area contributed by atoms with E-state index in [0.29, 0.717) is 0 Å². The largest absolute Gasteiger partial charge is 0.341 e. The van der Waals surface area contributed by atoms with Gasteiger partial charge in [-0.1, -0.05) is 13.8 Å². The van der Waals surface area contributed by atoms with E-state index in [9.17, 15) is 0 Å². The Morgan fingerprint density at radius 3 is 2.73 bits per heavy atom. The van der Waals surface area contributed by atoms with Crippen LogP contribution < -0.4 is 4.90 Å². The van der Waals surface area contributed by atoms with E-state index in [2.05, 4.69) is 28.7 Å². The quantitative estimate of drug-likeness (QED) is 0.741. The summed E-state index contributed by atoms with van der Waals surface area (Å²) in [6, 6.07) is 0. The predicted molar refractivity (Wildman–Crippen MR) is 62.0 cm³/mol. The van der Waals surface area contributed by atoms with Crippen molar-refractivity contribution < 1.29 is 0 Å². The zero-order valence-electron chi connectivity index (χ0n) is 9.61. The van der Waals surface area contributed by atoms with Gasteiger partial charge in [0.2, 0.25) is 5.95 Å². The molecule has 1 aliphatic rings. The van der Waals surface area contributed by atoms with Crippen molar-refractivity contribution in [3.63, 3.8) is 0 Å². The molecule has 82 valence electrons. The van der Waals surface area contributed by atoms with Crippen molar-refractivity contribution in [3.8, 4) is 0 Å². The first kappa shape index (κ1) is 10.4. The summed E-state index contributed by atoms with van der Waals surface area (Å²) in [5.74, 6) is 1.67. The average Bonchev–Trinajstić information content (AvgIpc) is 2.29. The second kappa shape index (κ2) is 4.60. The van der Waals surface area contributed by atoms with Gasteiger partial charge >= 0.3 is 0 Å². The molecule has 3 nitrogen and oxygen atoms in total. The fraction of sp³-hybridized carbons (Fsp3) is 0.667. The summed E-state index contributed by atoms with van der Waals surface area (Å²) in [7, 11) is 0. The van der Waals surface area contributed by atoms with Crippen LogP contribution in [0.2, 0.25) is 0 Å². The number of hydrogen-bond acceptors (Lipinski definition) is 3. The van der Waals surface area contributed by atoms with E-state index < -0.39 is 0 Å². The first-order valence-electron chi connectivity index (χ1n) is 5.85. The number of piperidine rings is 1. The minimum absolute atomic E-state index is 0.771. The second-order valence-electron chi connectivity index (χ2n) is 4.44. The summed E-state index contributed by atoms with van der Waals surface area (Å²) in [5, 5.41) is 0. The number of anilines is 1. The summed E-state index contributed by atoms with van der Waals surface area (Å²) in [6.07, 6.45) is 7.50. The lowest BCUT2D eigenvalue weighted by Crippen LogP contribution is -2.35. The fourth-order valence-electron chi connectivity index (χ4n) is 2.06. The van der Waals surface area contributed by atoms with Gasteiger partial charge in [0.05, 0.1) is 0 Å². The van der Waals surface area contributed by atoms with Crippen LogP contribution in [0.25, 0.3) is 0 Å². The minimum atomic E-state index is 0.771. The van der Waals surface area contributed by atoms with E-state index in [4.69, 9.17) is 0 Å². The molecule has 15 heavy (non-hydrogen) atoms. The topological polar surface area (TPSA) is 29.0 Å². The summed E-state index contributed by atoms with van der Waals surface area (Å²) in [5.41, 5.74) is 1.21. The van der Waals surface area contributed by atoms with Gasteiger partial charge in [-0.25, -0.2) is 9.97 Å². The molecule has 0 bridgehead atoms. The Morgan fingerprint density at radius 2 is 2.13 bits per heavy atom. The van der Waals surface area contributed by atoms with Gasteiger partial charge in [-0.05, 0) is 30.7 Å². The van der Waals surface area contributed by atoms with Gasteiger partial charge in [-0.15, -0.1) is 0 Å². The smallest absolute Gasteiger partial charge is 0.225 e. The van der Waals surface area contributed by atoms with Gasteiger partial charge in [0, 0.05) is 25.5 Å². The van der Waals surface area contributed by atoms with Crippen LogP contribution in [0.4, 0.5) is 5.95 Å². The molecule has 0 N–H and O–H groups in total. The van der Waals surface area contributed by atoms with Crippen molar-refractivity contribution in [2.24, 2.45) is 5.92 Å². The highest BCUT2D eigenvalue weighted by Crippen LogP contribution is 2.19. The van der Waals surface area contributed by atoms with E-state index >= 15 is 0 Å². The Hall–Kier alpha value is -1.12. The number of aryl methyl sites for hydroxylation is 1. The van der Waals surface area contributed by atoms with Crippen LogP contribution in [-0.4, -0.2) is 23.1 Å². The molecule has 1 aliphatic heterocycles. The summed E-state index contributed by atoms with van der Waals surface area (Å²) < 4.78 is 0. The minimum Gasteiger partial charge on any atom is -0.341 e. The molecule has 1 fully saturated rings. The lowest BCUT2D eigenvalue weighted by Gasteiger charge is -2.30. The highest BCUT2D eigenvalue weighted by Gasteiger charge is 2.17. The van der Waals surface area contributed by atoms with Crippen molar-refractivity contribution in [1.82, 2.24) is 9.97 Å². The molecule has 1 unspecified atom stereocenters. The molecule has 0 radical (unpaired) electrons. The maximum atomic E-state index is 4.42. The van der Waals surface area contributed by atoms with Gasteiger partial charge in [0.15, 0.2) is 0 Å². The molecule has 0 saturated carbocycles. The van der Waals surface area contributed by atoms with Gasteiger partial charge in [-0.2, -0.15) is 0 Å². The molecule has 2 heterocycles. The average molecular weight is 205 g/mol. The van der Waals surface area contributed by atoms with Gasteiger partial charge in [0.25, 0.3) is 0 Å². The SMILES string of the molecule is CCc1cnc(N2CCCC(C)C2)nc1. The molecule has 1 atom stereocenters. The van der Waals surface area contributed by atoms with Crippen LogP contribution in [0, 0.1) is 5.92 Å². The van der Waals surface area contributed by atoms with Crippen LogP contribution in [-0.2, 0) is 6.42 Å². The highest BCUT2D eigenvalue weighted by molar-refractivity contribution is 5.30. The molecule has 3 heteroatoms. The standard InChI is InChI=1S/C12H19N3/c1-3-11-7-13-12(14-8-11)15-6-4-5-10(2)9-15/h7-8,10H,3-6,9H2,1-2H3. The third-order valence-corrected chi connectivity index (χ3v) is 3.04. The summed E-state index contributed by atoms with van der Waals surface area (Å²) in [6.45, 7) is 6.63. The third kappa shape index (κ3) is 2.46. The van der Waals surface area contributed by atoms with E-state index in [0.717, 1.165) is 31.4 Å². The third-order valence-electron chi connectivity index (χ3n) is 3.04. The number of hydrogen-bond donors (Lipinski definition) is 0. The highest BCUT2D eigenvalue weighted by atomic mass is 15.2. The first-order chi connectivity index (χ1) is 7.29. The van der Waals surface area contributed by atoms with Crippen LogP contribution in [0.5, 0.6) is 0 Å². The summed E-state index contributed by atoms with van der Waals surface area (Å²) in [4.78, 5) is 11.1. The van der Waals surface area contributed by atoms with Crippen LogP contribution in [0.15, 0.2) is 12.4 Å². The molecule has 1 aromatic rings. The van der Waals surface area contributed by atoms with Crippen molar-refractivity contribution in [2.45, 2.75) is 33.1 Å². The monoisotopic (exact) mass is 205 g/mol. The van der Waals surface area contributed by atoms with Gasteiger partial charge in [0.1, 0.15) is 0 Å². The summed E-state index contributed by atoms with van der Waals surface area (Å²) >= 11 is 0. The van der Waals surface area contributed by atoms with Crippen molar-refractivity contribution >= 4 is 5.95 Å². The first-order valence-corrected chi connectivity index (χ1v) is 5.85. The molecule has 1 saturated heterocycles. The molecular weight excluding hydrogens is 186 g/mol. The van der Waals surface area contributed by atoms with Gasteiger partial charge < -0.3 is 4.90 Å². The molecule has 0 aliphatic carbocycles. The predicted octanol–water partition coefficient (Wildman–Crippen LogP) is 2.28.